The van der Waals surface area contributed by atoms with Gasteiger partial charge in [-0.15, -0.1) is 0 Å². The van der Waals surface area contributed by atoms with Crippen LogP contribution in [0.15, 0.2) is 71.6 Å². The second-order valence-corrected chi connectivity index (χ2v) is 10.2. The van der Waals surface area contributed by atoms with E-state index in [1.54, 1.807) is 48.5 Å². The van der Waals surface area contributed by atoms with E-state index in [2.05, 4.69) is 11.4 Å². The summed E-state index contributed by atoms with van der Waals surface area (Å²) in [6, 6.07) is 19.4. The van der Waals surface area contributed by atoms with Crippen LogP contribution < -0.4 is 19.1 Å². The summed E-state index contributed by atoms with van der Waals surface area (Å²) in [7, 11) is -3.88. The SMILES string of the molecule is Cc1ccc(S(=O)(=O)N2C[C@@H](C(=O)NCCOc3cc(C)cc(C)c3)Oc3ccccc32)cc1. The van der Waals surface area contributed by atoms with Gasteiger partial charge in [0, 0.05) is 0 Å². The number of hydrogen-bond donors (Lipinski definition) is 1. The minimum atomic E-state index is -3.88. The van der Waals surface area contributed by atoms with Gasteiger partial charge in [-0.3, -0.25) is 9.10 Å². The molecule has 1 atom stereocenters. The molecule has 8 heteroatoms. The van der Waals surface area contributed by atoms with E-state index in [-0.39, 0.29) is 24.6 Å². The molecule has 1 N–H and O–H groups in total. The summed E-state index contributed by atoms with van der Waals surface area (Å²) in [5.41, 5.74) is 3.57. The van der Waals surface area contributed by atoms with Crippen molar-refractivity contribution in [3.8, 4) is 11.5 Å². The average Bonchev–Trinajstić information content (AvgIpc) is 2.80. The summed E-state index contributed by atoms with van der Waals surface area (Å²) < 4.78 is 39.7. The van der Waals surface area contributed by atoms with Gasteiger partial charge in [0.15, 0.2) is 6.10 Å². The zero-order valence-corrected chi connectivity index (χ0v) is 20.3. The Bertz CT molecular complexity index is 1270. The lowest BCUT2D eigenvalue weighted by atomic mass is 10.1. The third kappa shape index (κ3) is 5.17. The van der Waals surface area contributed by atoms with Gasteiger partial charge in [-0.2, -0.15) is 0 Å². The molecule has 0 spiro atoms. The van der Waals surface area contributed by atoms with Gasteiger partial charge < -0.3 is 14.8 Å². The van der Waals surface area contributed by atoms with Gasteiger partial charge in [0.2, 0.25) is 0 Å². The number of sulfonamides is 1. The average molecular weight is 481 g/mol. The lowest BCUT2D eigenvalue weighted by molar-refractivity contribution is -0.127. The minimum Gasteiger partial charge on any atom is -0.492 e. The molecule has 178 valence electrons. The number of carbonyl (C=O) groups excluding carboxylic acids is 1. The summed E-state index contributed by atoms with van der Waals surface area (Å²) in [5, 5.41) is 2.79. The number of ether oxygens (including phenoxy) is 2. The number of nitrogens with one attached hydrogen (secondary N) is 1. The van der Waals surface area contributed by atoms with Crippen molar-refractivity contribution >= 4 is 21.6 Å². The molecule has 3 aromatic rings. The Morgan fingerprint density at radius 2 is 1.68 bits per heavy atom. The van der Waals surface area contributed by atoms with E-state index in [0.29, 0.717) is 11.4 Å². The summed E-state index contributed by atoms with van der Waals surface area (Å²) in [4.78, 5) is 13.0. The fourth-order valence-electron chi connectivity index (χ4n) is 3.88. The van der Waals surface area contributed by atoms with E-state index >= 15 is 0 Å². The molecule has 0 aliphatic carbocycles. The number of benzene rings is 3. The fraction of sp³-hybridized carbons (Fsp3) is 0.269. The number of fused-ring (bicyclic) bond motifs is 1. The molecule has 1 aliphatic heterocycles. The maximum atomic E-state index is 13.4. The molecule has 7 nitrogen and oxygen atoms in total. The van der Waals surface area contributed by atoms with Gasteiger partial charge in [0.25, 0.3) is 15.9 Å². The molecule has 0 saturated carbocycles. The van der Waals surface area contributed by atoms with Gasteiger partial charge in [0.05, 0.1) is 23.7 Å². The van der Waals surface area contributed by atoms with Crippen molar-refractivity contribution in [3.63, 3.8) is 0 Å². The Balaban J connectivity index is 1.45. The van der Waals surface area contributed by atoms with Crippen LogP contribution in [-0.2, 0) is 14.8 Å². The predicted molar refractivity (Wildman–Crippen MR) is 131 cm³/mol. The zero-order chi connectivity index (χ0) is 24.3. The second-order valence-electron chi connectivity index (χ2n) is 8.39. The Morgan fingerprint density at radius 1 is 1.00 bits per heavy atom. The molecule has 34 heavy (non-hydrogen) atoms. The molecular weight excluding hydrogens is 452 g/mol. The van der Waals surface area contributed by atoms with Crippen molar-refractivity contribution in [3.05, 3.63) is 83.4 Å². The summed E-state index contributed by atoms with van der Waals surface area (Å²) >= 11 is 0. The highest BCUT2D eigenvalue weighted by molar-refractivity contribution is 7.92. The highest BCUT2D eigenvalue weighted by atomic mass is 32.2. The van der Waals surface area contributed by atoms with E-state index < -0.39 is 22.0 Å². The topological polar surface area (TPSA) is 84.9 Å². The first-order valence-electron chi connectivity index (χ1n) is 11.1. The van der Waals surface area contributed by atoms with Crippen molar-refractivity contribution in [1.82, 2.24) is 5.32 Å². The first-order valence-corrected chi connectivity index (χ1v) is 12.5. The van der Waals surface area contributed by atoms with E-state index in [9.17, 15) is 13.2 Å². The third-order valence-corrected chi connectivity index (χ3v) is 7.30. The van der Waals surface area contributed by atoms with Gasteiger partial charge in [-0.1, -0.05) is 35.9 Å². The summed E-state index contributed by atoms with van der Waals surface area (Å²) in [6.45, 7) is 6.30. The Kier molecular flexibility index (Phi) is 6.79. The van der Waals surface area contributed by atoms with Crippen LogP contribution in [0.25, 0.3) is 0 Å². The molecular formula is C26H28N2O5S. The molecule has 1 heterocycles. The first-order chi connectivity index (χ1) is 16.2. The Morgan fingerprint density at radius 3 is 2.38 bits per heavy atom. The number of amides is 1. The van der Waals surface area contributed by atoms with E-state index in [1.165, 1.54) is 4.31 Å². The molecule has 0 saturated heterocycles. The molecule has 0 radical (unpaired) electrons. The molecule has 0 unspecified atom stereocenters. The smallest absolute Gasteiger partial charge is 0.264 e. The zero-order valence-electron chi connectivity index (χ0n) is 19.4. The maximum absolute atomic E-state index is 13.4. The van der Waals surface area contributed by atoms with Crippen molar-refractivity contribution in [1.29, 1.82) is 0 Å². The fourth-order valence-corrected chi connectivity index (χ4v) is 5.35. The van der Waals surface area contributed by atoms with Crippen LogP contribution in [0.2, 0.25) is 0 Å². The Labute approximate surface area is 200 Å². The number of carbonyl (C=O) groups is 1. The molecule has 0 fully saturated rings. The van der Waals surface area contributed by atoms with Gasteiger partial charge in [-0.25, -0.2) is 8.42 Å². The number of aryl methyl sites for hydroxylation is 3. The van der Waals surface area contributed by atoms with E-state index in [1.807, 2.05) is 32.9 Å². The monoisotopic (exact) mass is 480 g/mol. The van der Waals surface area contributed by atoms with Crippen LogP contribution in [0.1, 0.15) is 16.7 Å². The lowest BCUT2D eigenvalue weighted by Crippen LogP contribution is -2.51. The molecule has 0 aromatic heterocycles. The summed E-state index contributed by atoms with van der Waals surface area (Å²) in [5.74, 6) is 0.684. The summed E-state index contributed by atoms with van der Waals surface area (Å²) in [6.07, 6.45) is -0.990. The number of nitrogens with zero attached hydrogens (tertiary/aromatic N) is 1. The molecule has 3 aromatic carbocycles. The quantitative estimate of drug-likeness (QED) is 0.521. The number of para-hydroxylation sites is 2. The number of hydrogen-bond acceptors (Lipinski definition) is 5. The van der Waals surface area contributed by atoms with Crippen molar-refractivity contribution in [2.75, 3.05) is 24.0 Å². The standard InChI is InChI=1S/C26H28N2O5S/c1-18-8-10-22(11-9-18)34(30,31)28-17-25(33-24-7-5-4-6-23(24)28)26(29)27-12-13-32-21-15-19(2)14-20(3)16-21/h4-11,14-16,25H,12-13,17H2,1-3H3,(H,27,29)/t25-/m0/s1. The van der Waals surface area contributed by atoms with Gasteiger partial charge in [0.1, 0.15) is 18.1 Å². The molecule has 4 rings (SSSR count). The van der Waals surface area contributed by atoms with Crippen molar-refractivity contribution < 1.29 is 22.7 Å². The van der Waals surface area contributed by atoms with Crippen LogP contribution in [0.5, 0.6) is 11.5 Å². The van der Waals surface area contributed by atoms with Gasteiger partial charge in [-0.05, 0) is 68.3 Å². The van der Waals surface area contributed by atoms with E-state index in [4.69, 9.17) is 9.47 Å². The highest BCUT2D eigenvalue weighted by Gasteiger charge is 2.37. The molecule has 1 amide bonds. The van der Waals surface area contributed by atoms with Gasteiger partial charge >= 0.3 is 0 Å². The van der Waals surface area contributed by atoms with Crippen LogP contribution >= 0.6 is 0 Å². The lowest BCUT2D eigenvalue weighted by Gasteiger charge is -2.34. The largest absolute Gasteiger partial charge is 0.492 e. The normalized spacial score (nSPS) is 15.3. The second kappa shape index (κ2) is 9.77. The maximum Gasteiger partial charge on any atom is 0.264 e. The van der Waals surface area contributed by atoms with Crippen LogP contribution in [-0.4, -0.2) is 40.1 Å². The van der Waals surface area contributed by atoms with E-state index in [0.717, 1.165) is 22.4 Å². The molecule has 1 aliphatic rings. The van der Waals surface area contributed by atoms with Crippen LogP contribution in [0.4, 0.5) is 5.69 Å². The highest BCUT2D eigenvalue weighted by Crippen LogP contribution is 2.36. The Hall–Kier alpha value is -3.52. The van der Waals surface area contributed by atoms with Crippen molar-refractivity contribution in [2.45, 2.75) is 31.8 Å². The number of anilines is 1. The minimum absolute atomic E-state index is 0.128. The first kappa shape index (κ1) is 23.6. The van der Waals surface area contributed by atoms with Crippen LogP contribution in [0, 0.1) is 20.8 Å². The van der Waals surface area contributed by atoms with Crippen LogP contribution in [0.3, 0.4) is 0 Å². The molecule has 0 bridgehead atoms. The van der Waals surface area contributed by atoms with Crippen molar-refractivity contribution in [2.24, 2.45) is 0 Å². The predicted octanol–water partition coefficient (Wildman–Crippen LogP) is 3.76. The third-order valence-electron chi connectivity index (χ3n) is 5.50. The number of rotatable bonds is 7.